The van der Waals surface area contributed by atoms with Gasteiger partial charge in [-0.05, 0) is 48.0 Å². The average Bonchev–Trinajstić information content (AvgIpc) is 3.49. The Morgan fingerprint density at radius 3 is 2.24 bits per heavy atom. The molecule has 2 aliphatic heterocycles. The Balaban J connectivity index is 1.42. The van der Waals surface area contributed by atoms with Gasteiger partial charge in [0.25, 0.3) is 11.8 Å². The molecule has 2 heterocycles. The SMILES string of the molecule is COc1ccc(C(=O)N(CCN2CCOCC2)CC(=O)N2N=C(c3ccccc3Cl)CC2c2ccc(OC)cc2)cc1. The smallest absolute Gasteiger partial charge is 0.262 e. The largest absolute Gasteiger partial charge is 0.497 e. The van der Waals surface area contributed by atoms with E-state index in [9.17, 15) is 9.59 Å². The Labute approximate surface area is 251 Å². The summed E-state index contributed by atoms with van der Waals surface area (Å²) >= 11 is 6.52. The van der Waals surface area contributed by atoms with Gasteiger partial charge < -0.3 is 19.1 Å². The highest BCUT2D eigenvalue weighted by Crippen LogP contribution is 2.35. The number of rotatable bonds is 10. The number of carbonyl (C=O) groups is 2. The Morgan fingerprint density at radius 2 is 1.60 bits per heavy atom. The number of carbonyl (C=O) groups excluding carboxylic acids is 2. The second-order valence-corrected chi connectivity index (χ2v) is 10.6. The van der Waals surface area contributed by atoms with Gasteiger partial charge >= 0.3 is 0 Å². The lowest BCUT2D eigenvalue weighted by atomic mass is 9.98. The van der Waals surface area contributed by atoms with Crippen molar-refractivity contribution >= 4 is 29.1 Å². The summed E-state index contributed by atoms with van der Waals surface area (Å²) in [5.41, 5.74) is 2.90. The van der Waals surface area contributed by atoms with Crippen LogP contribution in [-0.2, 0) is 9.53 Å². The maximum Gasteiger partial charge on any atom is 0.262 e. The normalized spacial score (nSPS) is 17.1. The summed E-state index contributed by atoms with van der Waals surface area (Å²) in [4.78, 5) is 31.6. The summed E-state index contributed by atoms with van der Waals surface area (Å²) in [6.07, 6.45) is 0.488. The van der Waals surface area contributed by atoms with Gasteiger partial charge in [-0.3, -0.25) is 14.5 Å². The number of hydrogen-bond donors (Lipinski definition) is 0. The first-order valence-corrected chi connectivity index (χ1v) is 14.4. The number of methoxy groups -OCH3 is 2. The number of morpholine rings is 1. The molecule has 0 N–H and O–H groups in total. The molecule has 9 nitrogen and oxygen atoms in total. The number of halogens is 1. The van der Waals surface area contributed by atoms with E-state index in [4.69, 9.17) is 30.9 Å². The monoisotopic (exact) mass is 590 g/mol. The van der Waals surface area contributed by atoms with Crippen molar-refractivity contribution < 1.29 is 23.8 Å². The number of amides is 2. The Bertz CT molecular complexity index is 1410. The predicted octanol–water partition coefficient (Wildman–Crippen LogP) is 4.51. The molecule has 5 rings (SSSR count). The number of ether oxygens (including phenoxy) is 3. The van der Waals surface area contributed by atoms with Crippen LogP contribution in [0.3, 0.4) is 0 Å². The van der Waals surface area contributed by atoms with E-state index in [-0.39, 0.29) is 24.4 Å². The summed E-state index contributed by atoms with van der Waals surface area (Å²) in [5, 5.41) is 6.85. The molecule has 0 bridgehead atoms. The molecule has 0 aliphatic carbocycles. The quantitative estimate of drug-likeness (QED) is 0.346. The van der Waals surface area contributed by atoms with Gasteiger partial charge in [0, 0.05) is 48.7 Å². The average molecular weight is 591 g/mol. The highest BCUT2D eigenvalue weighted by atomic mass is 35.5. The molecule has 0 spiro atoms. The van der Waals surface area contributed by atoms with Gasteiger partial charge in [-0.1, -0.05) is 41.9 Å². The van der Waals surface area contributed by atoms with Crippen LogP contribution in [0.5, 0.6) is 11.5 Å². The Kier molecular flexibility index (Phi) is 9.74. The molecular formula is C32H35ClN4O5. The maximum absolute atomic E-state index is 14.0. The van der Waals surface area contributed by atoms with Crippen LogP contribution in [0, 0.1) is 0 Å². The summed E-state index contributed by atoms with van der Waals surface area (Å²) in [6.45, 7) is 3.78. The van der Waals surface area contributed by atoms with Crippen molar-refractivity contribution in [2.75, 3.05) is 60.2 Å². The van der Waals surface area contributed by atoms with Gasteiger partial charge in [0.05, 0.1) is 39.2 Å². The minimum absolute atomic E-state index is 0.124. The van der Waals surface area contributed by atoms with Gasteiger partial charge in [0.15, 0.2) is 0 Å². The van der Waals surface area contributed by atoms with Gasteiger partial charge in [0.1, 0.15) is 18.0 Å². The van der Waals surface area contributed by atoms with Crippen molar-refractivity contribution in [1.82, 2.24) is 14.8 Å². The highest BCUT2D eigenvalue weighted by Gasteiger charge is 2.35. The topological polar surface area (TPSA) is 83.9 Å². The molecule has 1 saturated heterocycles. The fourth-order valence-electron chi connectivity index (χ4n) is 5.18. The van der Waals surface area contributed by atoms with Crippen LogP contribution in [0.25, 0.3) is 0 Å². The first-order chi connectivity index (χ1) is 20.5. The number of nitrogens with zero attached hydrogens (tertiary/aromatic N) is 4. The van der Waals surface area contributed by atoms with Crippen LogP contribution < -0.4 is 9.47 Å². The number of hydrogen-bond acceptors (Lipinski definition) is 7. The van der Waals surface area contributed by atoms with Crippen LogP contribution in [0.1, 0.15) is 33.9 Å². The van der Waals surface area contributed by atoms with Crippen molar-refractivity contribution in [3.63, 3.8) is 0 Å². The standard InChI is InChI=1S/C32H35ClN4O5/c1-40-25-11-7-23(8-12-25)30-21-29(27-5-3-4-6-28(27)33)34-37(30)31(38)22-36(16-15-35-17-19-42-20-18-35)32(39)24-9-13-26(41-2)14-10-24/h3-14,30H,15-22H2,1-2H3. The first kappa shape index (κ1) is 29.6. The second kappa shape index (κ2) is 13.8. The molecule has 0 aromatic heterocycles. The maximum atomic E-state index is 14.0. The molecule has 0 radical (unpaired) electrons. The van der Waals surface area contributed by atoms with Crippen molar-refractivity contribution in [2.24, 2.45) is 5.10 Å². The number of hydrazone groups is 1. The zero-order valence-corrected chi connectivity index (χ0v) is 24.6. The zero-order chi connectivity index (χ0) is 29.5. The van der Waals surface area contributed by atoms with Crippen LogP contribution in [0.15, 0.2) is 77.9 Å². The minimum Gasteiger partial charge on any atom is -0.497 e. The van der Waals surface area contributed by atoms with E-state index in [0.29, 0.717) is 49.1 Å². The van der Waals surface area contributed by atoms with Crippen molar-refractivity contribution in [2.45, 2.75) is 12.5 Å². The van der Waals surface area contributed by atoms with Crippen molar-refractivity contribution in [3.8, 4) is 11.5 Å². The summed E-state index contributed by atoms with van der Waals surface area (Å²) < 4.78 is 16.1. The van der Waals surface area contributed by atoms with E-state index in [2.05, 4.69) is 4.90 Å². The lowest BCUT2D eigenvalue weighted by molar-refractivity contribution is -0.133. The zero-order valence-electron chi connectivity index (χ0n) is 23.9. The van der Waals surface area contributed by atoms with Gasteiger partial charge in [-0.25, -0.2) is 5.01 Å². The van der Waals surface area contributed by atoms with Gasteiger partial charge in [-0.2, -0.15) is 5.10 Å². The molecule has 1 atom stereocenters. The molecule has 10 heteroatoms. The molecular weight excluding hydrogens is 556 g/mol. The first-order valence-electron chi connectivity index (χ1n) is 14.0. The fourth-order valence-corrected chi connectivity index (χ4v) is 5.42. The van der Waals surface area contributed by atoms with Crippen LogP contribution in [0.2, 0.25) is 5.02 Å². The van der Waals surface area contributed by atoms with Crippen LogP contribution in [-0.4, -0.2) is 92.5 Å². The molecule has 42 heavy (non-hydrogen) atoms. The molecule has 0 saturated carbocycles. The third kappa shape index (κ3) is 6.92. The van der Waals surface area contributed by atoms with E-state index >= 15 is 0 Å². The minimum atomic E-state index is -0.355. The highest BCUT2D eigenvalue weighted by molar-refractivity contribution is 6.34. The Hall–Kier alpha value is -3.92. The lowest BCUT2D eigenvalue weighted by Gasteiger charge is -2.31. The second-order valence-electron chi connectivity index (χ2n) is 10.2. The fraction of sp³-hybridized carbons (Fsp3) is 0.344. The van der Waals surface area contributed by atoms with Crippen molar-refractivity contribution in [1.29, 1.82) is 0 Å². The lowest BCUT2D eigenvalue weighted by Crippen LogP contribution is -2.46. The van der Waals surface area contributed by atoms with E-state index in [1.54, 1.807) is 43.4 Å². The van der Waals surface area contributed by atoms with Crippen molar-refractivity contribution in [3.05, 3.63) is 94.5 Å². The molecule has 2 aliphatic rings. The summed E-state index contributed by atoms with van der Waals surface area (Å²) in [5.74, 6) is 0.876. The van der Waals surface area contributed by atoms with Gasteiger partial charge in [0.2, 0.25) is 0 Å². The number of benzene rings is 3. The van der Waals surface area contributed by atoms with Crippen LogP contribution in [0.4, 0.5) is 0 Å². The van der Waals surface area contributed by atoms with Gasteiger partial charge in [-0.15, -0.1) is 0 Å². The predicted molar refractivity (Wildman–Crippen MR) is 161 cm³/mol. The molecule has 1 fully saturated rings. The third-order valence-electron chi connectivity index (χ3n) is 7.59. The van der Waals surface area contributed by atoms with E-state index in [1.165, 1.54) is 5.01 Å². The summed E-state index contributed by atoms with van der Waals surface area (Å²) in [6, 6.07) is 21.7. The molecule has 220 valence electrons. The van der Waals surface area contributed by atoms with Crippen LogP contribution >= 0.6 is 11.6 Å². The molecule has 3 aromatic carbocycles. The Morgan fingerprint density at radius 1 is 0.952 bits per heavy atom. The molecule has 2 amide bonds. The van der Waals surface area contributed by atoms with E-state index in [0.717, 1.165) is 35.7 Å². The third-order valence-corrected chi connectivity index (χ3v) is 7.92. The molecule has 1 unspecified atom stereocenters. The summed E-state index contributed by atoms with van der Waals surface area (Å²) in [7, 11) is 3.20. The molecule has 3 aromatic rings. The van der Waals surface area contributed by atoms with E-state index < -0.39 is 0 Å². The van der Waals surface area contributed by atoms with E-state index in [1.807, 2.05) is 48.5 Å².